The number of alkyl halides is 3. The summed E-state index contributed by atoms with van der Waals surface area (Å²) in [4.78, 5) is 9.10. The minimum Gasteiger partial charge on any atom is -0.276 e. The summed E-state index contributed by atoms with van der Waals surface area (Å²) in [6, 6.07) is 18.4. The maximum absolute atomic E-state index is 14.1. The lowest BCUT2D eigenvalue weighted by Crippen LogP contribution is -2.09. The highest BCUT2D eigenvalue weighted by atomic mass is 19.4. The van der Waals surface area contributed by atoms with E-state index in [9.17, 15) is 17.6 Å². The SMILES string of the molecule is Fc1ccc(-n2c3c4cc(-c5cnc6ccccc6c5)ccc4ncc3n3cnnc23)cc1C(F)(F)F. The van der Waals surface area contributed by atoms with Crippen LogP contribution in [-0.2, 0) is 6.18 Å². The van der Waals surface area contributed by atoms with Gasteiger partial charge in [0.15, 0.2) is 0 Å². The zero-order valence-electron chi connectivity index (χ0n) is 18.8. The summed E-state index contributed by atoms with van der Waals surface area (Å²) in [6.07, 6.45) is 0.0122. The second-order valence-electron chi connectivity index (χ2n) is 8.64. The van der Waals surface area contributed by atoms with E-state index < -0.39 is 17.6 Å². The second kappa shape index (κ2) is 7.57. The summed E-state index contributed by atoms with van der Waals surface area (Å²) >= 11 is 0. The fourth-order valence-corrected chi connectivity index (χ4v) is 4.75. The predicted octanol–water partition coefficient (Wildman–Crippen LogP) is 6.59. The first-order valence-electron chi connectivity index (χ1n) is 11.2. The van der Waals surface area contributed by atoms with Crippen molar-refractivity contribution in [2.24, 2.45) is 0 Å². The average molecular weight is 498 g/mol. The first-order chi connectivity index (χ1) is 17.9. The quantitative estimate of drug-likeness (QED) is 0.252. The van der Waals surface area contributed by atoms with Gasteiger partial charge in [0.25, 0.3) is 0 Å². The van der Waals surface area contributed by atoms with E-state index in [-0.39, 0.29) is 11.5 Å². The predicted molar refractivity (Wildman–Crippen MR) is 131 cm³/mol. The molecule has 0 aliphatic rings. The van der Waals surface area contributed by atoms with Crippen LogP contribution >= 0.6 is 0 Å². The molecule has 0 aliphatic carbocycles. The number of pyridine rings is 2. The molecule has 0 unspecified atom stereocenters. The van der Waals surface area contributed by atoms with Gasteiger partial charge < -0.3 is 0 Å². The Morgan fingerprint density at radius 1 is 0.784 bits per heavy atom. The van der Waals surface area contributed by atoms with Crippen molar-refractivity contribution in [1.29, 1.82) is 0 Å². The number of rotatable bonds is 2. The number of hydrogen-bond donors (Lipinski definition) is 0. The maximum Gasteiger partial charge on any atom is 0.419 e. The Balaban J connectivity index is 1.54. The lowest BCUT2D eigenvalue weighted by Gasteiger charge is -2.12. The molecule has 37 heavy (non-hydrogen) atoms. The molecular weight excluding hydrogens is 484 g/mol. The number of imidazole rings is 1. The summed E-state index contributed by atoms with van der Waals surface area (Å²) < 4.78 is 57.9. The van der Waals surface area contributed by atoms with Crippen molar-refractivity contribution in [2.45, 2.75) is 6.18 Å². The third-order valence-electron chi connectivity index (χ3n) is 6.47. The van der Waals surface area contributed by atoms with Crippen LogP contribution in [0.15, 0.2) is 85.5 Å². The van der Waals surface area contributed by atoms with E-state index in [1.807, 2.05) is 48.5 Å². The first kappa shape index (κ1) is 21.4. The van der Waals surface area contributed by atoms with Crippen molar-refractivity contribution in [3.8, 4) is 16.8 Å². The molecule has 0 radical (unpaired) electrons. The van der Waals surface area contributed by atoms with Crippen LogP contribution in [0.4, 0.5) is 17.6 Å². The Hall–Kier alpha value is -4.86. The normalized spacial score (nSPS) is 12.3. The van der Waals surface area contributed by atoms with Crippen molar-refractivity contribution in [2.75, 3.05) is 0 Å². The van der Waals surface area contributed by atoms with E-state index in [1.165, 1.54) is 12.4 Å². The number of para-hydroxylation sites is 1. The molecular formula is C27H14F4N6. The van der Waals surface area contributed by atoms with E-state index in [2.05, 4.69) is 20.2 Å². The van der Waals surface area contributed by atoms with Gasteiger partial charge in [-0.2, -0.15) is 13.2 Å². The molecule has 0 saturated heterocycles. The minimum absolute atomic E-state index is 0.104. The van der Waals surface area contributed by atoms with Crippen LogP contribution in [0, 0.1) is 5.82 Å². The molecule has 4 heterocycles. The molecule has 0 amide bonds. The Kier molecular flexibility index (Phi) is 4.38. The number of hydrogen-bond acceptors (Lipinski definition) is 4. The van der Waals surface area contributed by atoms with E-state index in [1.54, 1.807) is 21.4 Å². The molecule has 0 aliphatic heterocycles. The van der Waals surface area contributed by atoms with E-state index in [0.717, 1.165) is 34.2 Å². The van der Waals surface area contributed by atoms with Gasteiger partial charge in [-0.1, -0.05) is 24.3 Å². The van der Waals surface area contributed by atoms with Crippen molar-refractivity contribution < 1.29 is 17.6 Å². The number of fused-ring (bicyclic) bond motifs is 6. The smallest absolute Gasteiger partial charge is 0.276 e. The highest BCUT2D eigenvalue weighted by Crippen LogP contribution is 2.36. The monoisotopic (exact) mass is 498 g/mol. The van der Waals surface area contributed by atoms with Gasteiger partial charge in [-0.3, -0.25) is 18.9 Å². The van der Waals surface area contributed by atoms with Gasteiger partial charge in [-0.25, -0.2) is 4.39 Å². The summed E-state index contributed by atoms with van der Waals surface area (Å²) in [6.45, 7) is 0. The van der Waals surface area contributed by atoms with Gasteiger partial charge in [0.1, 0.15) is 12.1 Å². The topological polar surface area (TPSA) is 60.9 Å². The lowest BCUT2D eigenvalue weighted by molar-refractivity contribution is -0.140. The molecule has 0 spiro atoms. The number of nitrogens with zero attached hydrogens (tertiary/aromatic N) is 6. The van der Waals surface area contributed by atoms with Crippen LogP contribution in [-0.4, -0.2) is 29.1 Å². The van der Waals surface area contributed by atoms with Crippen molar-refractivity contribution >= 4 is 38.6 Å². The molecule has 4 aromatic heterocycles. The fraction of sp³-hybridized carbons (Fsp3) is 0.0370. The highest BCUT2D eigenvalue weighted by Gasteiger charge is 2.34. The van der Waals surface area contributed by atoms with E-state index >= 15 is 0 Å². The van der Waals surface area contributed by atoms with Crippen LogP contribution in [0.3, 0.4) is 0 Å². The molecule has 7 rings (SSSR count). The zero-order chi connectivity index (χ0) is 25.3. The van der Waals surface area contributed by atoms with Gasteiger partial charge in [-0.15, -0.1) is 10.2 Å². The van der Waals surface area contributed by atoms with Gasteiger partial charge in [0.2, 0.25) is 5.78 Å². The van der Waals surface area contributed by atoms with Crippen LogP contribution in [0.2, 0.25) is 0 Å². The summed E-state index contributed by atoms with van der Waals surface area (Å²) in [5, 5.41) is 9.72. The molecule has 0 saturated carbocycles. The standard InChI is InChI=1S/C27H14F4N6/c28-21-7-6-18(11-20(21)27(29,30)31)37-25-19-10-15(17-9-16-3-1-2-4-22(16)32-12-17)5-8-23(19)33-13-24(25)36-14-34-35-26(36)37/h1-14H. The summed E-state index contributed by atoms with van der Waals surface area (Å²) in [7, 11) is 0. The third-order valence-corrected chi connectivity index (χ3v) is 6.47. The third kappa shape index (κ3) is 3.25. The van der Waals surface area contributed by atoms with Crippen molar-refractivity contribution in [3.05, 3.63) is 96.8 Å². The van der Waals surface area contributed by atoms with Gasteiger partial charge in [-0.05, 0) is 48.0 Å². The number of aromatic nitrogens is 6. The average Bonchev–Trinajstić information content (AvgIpc) is 3.49. The molecule has 10 heteroatoms. The largest absolute Gasteiger partial charge is 0.419 e. The Morgan fingerprint density at radius 3 is 2.49 bits per heavy atom. The maximum atomic E-state index is 14.1. The van der Waals surface area contributed by atoms with Gasteiger partial charge in [0, 0.05) is 22.5 Å². The Bertz CT molecular complexity index is 2000. The van der Waals surface area contributed by atoms with Crippen LogP contribution in [0.1, 0.15) is 5.56 Å². The highest BCUT2D eigenvalue weighted by molar-refractivity contribution is 6.06. The molecule has 0 fully saturated rings. The van der Waals surface area contributed by atoms with E-state index in [4.69, 9.17) is 0 Å². The van der Waals surface area contributed by atoms with Crippen molar-refractivity contribution in [3.63, 3.8) is 0 Å². The molecule has 3 aromatic carbocycles. The lowest BCUT2D eigenvalue weighted by atomic mass is 10.0. The second-order valence-corrected chi connectivity index (χ2v) is 8.64. The van der Waals surface area contributed by atoms with Gasteiger partial charge in [0.05, 0.1) is 39.5 Å². The summed E-state index contributed by atoms with van der Waals surface area (Å²) in [5.74, 6) is -1.07. The molecule has 6 nitrogen and oxygen atoms in total. The molecule has 0 atom stereocenters. The molecule has 0 N–H and O–H groups in total. The fourth-order valence-electron chi connectivity index (χ4n) is 4.75. The first-order valence-corrected chi connectivity index (χ1v) is 11.2. The number of halogens is 4. The van der Waals surface area contributed by atoms with Crippen LogP contribution in [0.25, 0.3) is 55.4 Å². The van der Waals surface area contributed by atoms with Crippen molar-refractivity contribution in [1.82, 2.24) is 29.1 Å². The summed E-state index contributed by atoms with van der Waals surface area (Å²) in [5.41, 5.74) is 3.16. The minimum atomic E-state index is -4.85. The van der Waals surface area contributed by atoms with E-state index in [0.29, 0.717) is 21.9 Å². The Morgan fingerprint density at radius 2 is 1.62 bits per heavy atom. The zero-order valence-corrected chi connectivity index (χ0v) is 18.8. The van der Waals surface area contributed by atoms with Crippen LogP contribution in [0.5, 0.6) is 0 Å². The van der Waals surface area contributed by atoms with Gasteiger partial charge >= 0.3 is 6.18 Å². The molecule has 0 bridgehead atoms. The molecule has 7 aromatic rings. The Labute approximate surface area is 205 Å². The number of benzene rings is 3. The van der Waals surface area contributed by atoms with Crippen LogP contribution < -0.4 is 0 Å². The molecule has 180 valence electrons.